The second-order valence-electron chi connectivity index (χ2n) is 6.98. The molecule has 2 heterocycles. The number of halogens is 1. The standard InChI is InChI=1S/C23H16ClN3O6S/c1-32-19-10-14(6-8-18(19)33-21-9-7-16(12-25-21)27(30)31)11-20-22(28)26(23(29)34-20)13-15-4-2-3-5-17(15)24/h2-12H,13H2,1H3/b20-11-. The molecule has 1 saturated heterocycles. The van der Waals surface area contributed by atoms with Gasteiger partial charge in [-0.05, 0) is 47.2 Å². The van der Waals surface area contributed by atoms with Crippen LogP contribution in [-0.2, 0) is 11.3 Å². The lowest BCUT2D eigenvalue weighted by atomic mass is 10.1. The first-order chi connectivity index (χ1) is 16.4. The minimum atomic E-state index is -0.553. The summed E-state index contributed by atoms with van der Waals surface area (Å²) in [7, 11) is 1.45. The van der Waals surface area contributed by atoms with Crippen LogP contribution in [0.25, 0.3) is 6.08 Å². The van der Waals surface area contributed by atoms with Gasteiger partial charge in [-0.25, -0.2) is 4.98 Å². The number of hydrogen-bond donors (Lipinski definition) is 0. The molecule has 34 heavy (non-hydrogen) atoms. The number of carbonyl (C=O) groups is 2. The number of imide groups is 1. The van der Waals surface area contributed by atoms with Crippen LogP contribution < -0.4 is 9.47 Å². The van der Waals surface area contributed by atoms with E-state index in [0.717, 1.165) is 22.9 Å². The van der Waals surface area contributed by atoms with E-state index < -0.39 is 10.8 Å². The minimum Gasteiger partial charge on any atom is -0.493 e. The smallest absolute Gasteiger partial charge is 0.293 e. The van der Waals surface area contributed by atoms with Crippen molar-refractivity contribution in [1.82, 2.24) is 9.88 Å². The molecule has 1 aliphatic heterocycles. The molecule has 1 aromatic heterocycles. The summed E-state index contributed by atoms with van der Waals surface area (Å²) in [5.41, 5.74) is 1.14. The van der Waals surface area contributed by atoms with Crippen molar-refractivity contribution in [3.8, 4) is 17.4 Å². The van der Waals surface area contributed by atoms with Crippen molar-refractivity contribution in [3.63, 3.8) is 0 Å². The molecule has 1 fully saturated rings. The van der Waals surface area contributed by atoms with Crippen LogP contribution in [0.5, 0.6) is 17.4 Å². The molecule has 9 nitrogen and oxygen atoms in total. The number of benzene rings is 2. The number of rotatable bonds is 7. The molecule has 0 aliphatic carbocycles. The second-order valence-corrected chi connectivity index (χ2v) is 8.38. The maximum Gasteiger partial charge on any atom is 0.293 e. The Morgan fingerprint density at radius 2 is 1.94 bits per heavy atom. The summed E-state index contributed by atoms with van der Waals surface area (Å²) in [5, 5.41) is 10.9. The fraction of sp³-hybridized carbons (Fsp3) is 0.0870. The highest BCUT2D eigenvalue weighted by molar-refractivity contribution is 8.18. The first-order valence-corrected chi connectivity index (χ1v) is 11.0. The van der Waals surface area contributed by atoms with E-state index in [4.69, 9.17) is 21.1 Å². The normalized spacial score (nSPS) is 14.5. The topological polar surface area (TPSA) is 112 Å². The van der Waals surface area contributed by atoms with E-state index in [2.05, 4.69) is 4.98 Å². The van der Waals surface area contributed by atoms with E-state index >= 15 is 0 Å². The predicted octanol–water partition coefficient (Wildman–Crippen LogP) is 5.68. The van der Waals surface area contributed by atoms with Gasteiger partial charge >= 0.3 is 0 Å². The zero-order valence-corrected chi connectivity index (χ0v) is 19.2. The van der Waals surface area contributed by atoms with Crippen molar-refractivity contribution < 1.29 is 24.0 Å². The molecule has 4 rings (SSSR count). The van der Waals surface area contributed by atoms with Crippen LogP contribution in [0, 0.1) is 10.1 Å². The van der Waals surface area contributed by atoms with Gasteiger partial charge in [0.2, 0.25) is 5.88 Å². The van der Waals surface area contributed by atoms with Gasteiger partial charge in [0.05, 0.1) is 23.5 Å². The van der Waals surface area contributed by atoms with Crippen LogP contribution in [0.1, 0.15) is 11.1 Å². The number of nitrogens with zero attached hydrogens (tertiary/aromatic N) is 3. The van der Waals surface area contributed by atoms with E-state index in [1.54, 1.807) is 48.5 Å². The van der Waals surface area contributed by atoms with Crippen molar-refractivity contribution in [2.75, 3.05) is 7.11 Å². The first kappa shape index (κ1) is 23.3. The average molecular weight is 498 g/mol. The van der Waals surface area contributed by atoms with Crippen LogP contribution in [0.4, 0.5) is 10.5 Å². The highest BCUT2D eigenvalue weighted by atomic mass is 35.5. The molecule has 1 aliphatic rings. The number of aromatic nitrogens is 1. The zero-order valence-electron chi connectivity index (χ0n) is 17.6. The second kappa shape index (κ2) is 9.94. The Morgan fingerprint density at radius 1 is 1.15 bits per heavy atom. The van der Waals surface area contributed by atoms with Crippen LogP contribution in [0.3, 0.4) is 0 Å². The van der Waals surface area contributed by atoms with Gasteiger partial charge in [0, 0.05) is 17.2 Å². The van der Waals surface area contributed by atoms with Crippen molar-refractivity contribution in [2.45, 2.75) is 6.54 Å². The van der Waals surface area contributed by atoms with E-state index in [1.807, 2.05) is 0 Å². The molecule has 2 amide bonds. The van der Waals surface area contributed by atoms with Gasteiger partial charge in [0.1, 0.15) is 6.20 Å². The maximum atomic E-state index is 12.8. The van der Waals surface area contributed by atoms with E-state index in [0.29, 0.717) is 27.6 Å². The molecular formula is C23H16ClN3O6S. The lowest BCUT2D eigenvalue weighted by Gasteiger charge is -2.13. The fourth-order valence-corrected chi connectivity index (χ4v) is 4.13. The van der Waals surface area contributed by atoms with Gasteiger partial charge < -0.3 is 9.47 Å². The lowest BCUT2D eigenvalue weighted by molar-refractivity contribution is -0.385. The zero-order chi connectivity index (χ0) is 24.2. The highest BCUT2D eigenvalue weighted by Crippen LogP contribution is 2.36. The third-order valence-electron chi connectivity index (χ3n) is 4.79. The van der Waals surface area contributed by atoms with Gasteiger partial charge in [-0.2, -0.15) is 0 Å². The van der Waals surface area contributed by atoms with Gasteiger partial charge in [-0.15, -0.1) is 0 Å². The van der Waals surface area contributed by atoms with Gasteiger partial charge in [0.15, 0.2) is 11.5 Å². The molecule has 0 radical (unpaired) electrons. The molecule has 0 spiro atoms. The first-order valence-electron chi connectivity index (χ1n) is 9.81. The number of nitro groups is 1. The summed E-state index contributed by atoms with van der Waals surface area (Å²) in [6.07, 6.45) is 2.68. The van der Waals surface area contributed by atoms with E-state index in [9.17, 15) is 19.7 Å². The summed E-state index contributed by atoms with van der Waals surface area (Å²) >= 11 is 7.01. The predicted molar refractivity (Wildman–Crippen MR) is 127 cm³/mol. The SMILES string of the molecule is COc1cc(/C=C2\SC(=O)N(Cc3ccccc3Cl)C2=O)ccc1Oc1ccc([N+](=O)[O-])cn1. The Hall–Kier alpha value is -3.89. The monoisotopic (exact) mass is 497 g/mol. The summed E-state index contributed by atoms with van der Waals surface area (Å²) in [5.74, 6) is 0.415. The Kier molecular flexibility index (Phi) is 6.80. The number of methoxy groups -OCH3 is 1. The molecule has 0 bridgehead atoms. The van der Waals surface area contributed by atoms with Crippen LogP contribution in [0.2, 0.25) is 5.02 Å². The molecule has 0 atom stereocenters. The van der Waals surface area contributed by atoms with Crippen molar-refractivity contribution in [1.29, 1.82) is 0 Å². The average Bonchev–Trinajstić information content (AvgIpc) is 3.09. The fourth-order valence-electron chi connectivity index (χ4n) is 3.10. The molecule has 0 saturated carbocycles. The quantitative estimate of drug-likeness (QED) is 0.233. The molecule has 3 aromatic rings. The van der Waals surface area contributed by atoms with Gasteiger partial charge in [0.25, 0.3) is 16.8 Å². The lowest BCUT2D eigenvalue weighted by Crippen LogP contribution is -2.27. The molecule has 0 unspecified atom stereocenters. The van der Waals surface area contributed by atoms with Crippen molar-refractivity contribution >= 4 is 46.3 Å². The molecule has 0 N–H and O–H groups in total. The summed E-state index contributed by atoms with van der Waals surface area (Å²) in [4.78, 5) is 40.8. The largest absolute Gasteiger partial charge is 0.493 e. The number of carbonyl (C=O) groups excluding carboxylic acids is 2. The van der Waals surface area contributed by atoms with E-state index in [-0.39, 0.29) is 28.3 Å². The number of thioether (sulfide) groups is 1. The highest BCUT2D eigenvalue weighted by Gasteiger charge is 2.35. The van der Waals surface area contributed by atoms with E-state index in [1.165, 1.54) is 19.2 Å². The number of pyridine rings is 1. The van der Waals surface area contributed by atoms with Gasteiger partial charge in [-0.3, -0.25) is 24.6 Å². The third-order valence-corrected chi connectivity index (χ3v) is 6.07. The third kappa shape index (κ3) is 5.03. The minimum absolute atomic E-state index is 0.0833. The van der Waals surface area contributed by atoms with Gasteiger partial charge in [-0.1, -0.05) is 35.9 Å². The number of hydrogen-bond acceptors (Lipinski definition) is 8. The Bertz CT molecular complexity index is 1310. The summed E-state index contributed by atoms with van der Waals surface area (Å²) in [6, 6.07) is 14.6. The Labute approximate surface area is 203 Å². The van der Waals surface area contributed by atoms with Crippen LogP contribution in [0.15, 0.2) is 65.7 Å². The Balaban J connectivity index is 1.52. The number of amides is 2. The Morgan fingerprint density at radius 3 is 2.62 bits per heavy atom. The molecule has 2 aromatic carbocycles. The van der Waals surface area contributed by atoms with Crippen LogP contribution in [-0.4, -0.2) is 33.1 Å². The maximum absolute atomic E-state index is 12.8. The molecular weight excluding hydrogens is 482 g/mol. The van der Waals surface area contributed by atoms with Crippen LogP contribution >= 0.6 is 23.4 Å². The van der Waals surface area contributed by atoms with Crippen molar-refractivity contribution in [3.05, 3.63) is 92.0 Å². The summed E-state index contributed by atoms with van der Waals surface area (Å²) < 4.78 is 11.0. The number of ether oxygens (including phenoxy) is 2. The van der Waals surface area contributed by atoms with Crippen molar-refractivity contribution in [2.24, 2.45) is 0 Å². The molecule has 172 valence electrons. The molecule has 11 heteroatoms. The summed E-state index contributed by atoms with van der Waals surface area (Å²) in [6.45, 7) is 0.0833.